The Bertz CT molecular complexity index is 735. The fourth-order valence-electron chi connectivity index (χ4n) is 2.60. The van der Waals surface area contributed by atoms with Crippen molar-refractivity contribution in [3.8, 4) is 11.5 Å². The van der Waals surface area contributed by atoms with E-state index < -0.39 is 10.0 Å². The number of furan rings is 1. The maximum atomic E-state index is 11.7. The molecule has 0 saturated carbocycles. The number of nitrogens with one attached hydrogen (secondary N) is 2. The number of rotatable bonds is 6. The summed E-state index contributed by atoms with van der Waals surface area (Å²) in [5.74, 6) is 1.88. The number of aromatic amines is 1. The van der Waals surface area contributed by atoms with E-state index in [1.165, 1.54) is 0 Å². The van der Waals surface area contributed by atoms with Crippen LogP contribution in [0.1, 0.15) is 17.7 Å². The summed E-state index contributed by atoms with van der Waals surface area (Å²) in [4.78, 5) is 0. The van der Waals surface area contributed by atoms with Crippen molar-refractivity contribution in [2.45, 2.75) is 19.9 Å². The van der Waals surface area contributed by atoms with Gasteiger partial charge in [-0.3, -0.25) is 5.10 Å². The Morgan fingerprint density at radius 1 is 1.45 bits per heavy atom. The van der Waals surface area contributed by atoms with E-state index in [-0.39, 0.29) is 5.75 Å². The molecule has 0 radical (unpaired) electrons. The van der Waals surface area contributed by atoms with Crippen molar-refractivity contribution in [1.29, 1.82) is 0 Å². The van der Waals surface area contributed by atoms with Crippen LogP contribution in [0.25, 0.3) is 11.5 Å². The second-order valence-corrected chi connectivity index (χ2v) is 7.51. The van der Waals surface area contributed by atoms with Gasteiger partial charge in [-0.15, -0.1) is 0 Å². The molecule has 3 rings (SSSR count). The Labute approximate surface area is 129 Å². The largest absolute Gasteiger partial charge is 0.460 e. The highest BCUT2D eigenvalue weighted by atomic mass is 32.2. The summed E-state index contributed by atoms with van der Waals surface area (Å²) in [5.41, 5.74) is 1.85. The molecule has 8 heteroatoms. The number of nitrogens with zero attached hydrogens (tertiary/aromatic N) is 2. The summed E-state index contributed by atoms with van der Waals surface area (Å²) < 4.78 is 30.5. The van der Waals surface area contributed by atoms with Crippen molar-refractivity contribution >= 4 is 10.0 Å². The quantitative estimate of drug-likeness (QED) is 0.777. The maximum Gasteiger partial charge on any atom is 0.214 e. The van der Waals surface area contributed by atoms with Crippen LogP contribution in [0.15, 0.2) is 22.7 Å². The lowest BCUT2D eigenvalue weighted by Gasteiger charge is -2.14. The first-order chi connectivity index (χ1) is 10.6. The van der Waals surface area contributed by atoms with Gasteiger partial charge in [0.1, 0.15) is 11.5 Å². The average molecular weight is 324 g/mol. The minimum Gasteiger partial charge on any atom is -0.460 e. The topological polar surface area (TPSA) is 91.2 Å². The fraction of sp³-hybridized carbons (Fsp3) is 0.500. The molecule has 2 N–H and O–H groups in total. The van der Waals surface area contributed by atoms with E-state index in [1.54, 1.807) is 10.5 Å². The molecule has 1 fully saturated rings. The first-order valence-electron chi connectivity index (χ1n) is 7.34. The predicted octanol–water partition coefficient (Wildman–Crippen LogP) is 1.10. The smallest absolute Gasteiger partial charge is 0.214 e. The molecule has 1 aliphatic rings. The SMILES string of the molecule is Cc1ccc(-c2[nH]ncc2CNCCN2CCCS2(=O)=O)o1. The zero-order valence-electron chi connectivity index (χ0n) is 12.5. The van der Waals surface area contributed by atoms with Crippen LogP contribution in [0.4, 0.5) is 0 Å². The second kappa shape index (κ2) is 6.23. The van der Waals surface area contributed by atoms with Gasteiger partial charge >= 0.3 is 0 Å². The van der Waals surface area contributed by atoms with Gasteiger partial charge in [0.2, 0.25) is 10.0 Å². The first kappa shape index (κ1) is 15.3. The van der Waals surface area contributed by atoms with E-state index in [9.17, 15) is 8.42 Å². The molecule has 3 heterocycles. The maximum absolute atomic E-state index is 11.7. The molecule has 0 aliphatic carbocycles. The monoisotopic (exact) mass is 324 g/mol. The summed E-state index contributed by atoms with van der Waals surface area (Å²) in [5, 5.41) is 10.3. The summed E-state index contributed by atoms with van der Waals surface area (Å²) in [6.45, 7) is 4.26. The second-order valence-electron chi connectivity index (χ2n) is 5.43. The van der Waals surface area contributed by atoms with Crippen LogP contribution >= 0.6 is 0 Å². The van der Waals surface area contributed by atoms with Crippen molar-refractivity contribution in [2.24, 2.45) is 0 Å². The lowest BCUT2D eigenvalue weighted by Crippen LogP contribution is -2.33. The number of hydrogen-bond acceptors (Lipinski definition) is 5. The number of aromatic nitrogens is 2. The molecule has 0 spiro atoms. The Kier molecular flexibility index (Phi) is 4.32. The van der Waals surface area contributed by atoms with Crippen molar-refractivity contribution in [3.63, 3.8) is 0 Å². The van der Waals surface area contributed by atoms with Gasteiger partial charge < -0.3 is 9.73 Å². The highest BCUT2D eigenvalue weighted by molar-refractivity contribution is 7.89. The molecule has 0 aromatic carbocycles. The Morgan fingerprint density at radius 3 is 3.00 bits per heavy atom. The molecule has 7 nitrogen and oxygen atoms in total. The zero-order chi connectivity index (χ0) is 15.6. The van der Waals surface area contributed by atoms with E-state index in [4.69, 9.17) is 4.42 Å². The normalized spacial score (nSPS) is 18.0. The third-order valence-corrected chi connectivity index (χ3v) is 5.72. The van der Waals surface area contributed by atoms with E-state index >= 15 is 0 Å². The van der Waals surface area contributed by atoms with Gasteiger partial charge in [0.15, 0.2) is 5.76 Å². The van der Waals surface area contributed by atoms with E-state index in [0.717, 1.165) is 29.2 Å². The van der Waals surface area contributed by atoms with Crippen molar-refractivity contribution < 1.29 is 12.8 Å². The van der Waals surface area contributed by atoms with Crippen LogP contribution in [0.2, 0.25) is 0 Å². The molecule has 2 aromatic heterocycles. The Morgan fingerprint density at radius 2 is 2.32 bits per heavy atom. The Hall–Kier alpha value is -1.64. The molecule has 0 atom stereocenters. The molecule has 2 aromatic rings. The summed E-state index contributed by atoms with van der Waals surface area (Å²) in [6.07, 6.45) is 2.48. The van der Waals surface area contributed by atoms with Gasteiger partial charge in [-0.25, -0.2) is 12.7 Å². The summed E-state index contributed by atoms with van der Waals surface area (Å²) in [6, 6.07) is 3.81. The summed E-state index contributed by atoms with van der Waals surface area (Å²) >= 11 is 0. The van der Waals surface area contributed by atoms with Crippen molar-refractivity contribution in [1.82, 2.24) is 19.8 Å². The van der Waals surface area contributed by atoms with Crippen LogP contribution < -0.4 is 5.32 Å². The van der Waals surface area contributed by atoms with Gasteiger partial charge in [0.05, 0.1) is 11.9 Å². The molecule has 1 saturated heterocycles. The molecule has 22 heavy (non-hydrogen) atoms. The van der Waals surface area contributed by atoms with Gasteiger partial charge in [-0.05, 0) is 25.5 Å². The van der Waals surface area contributed by atoms with E-state index in [2.05, 4.69) is 15.5 Å². The number of aryl methyl sites for hydroxylation is 1. The van der Waals surface area contributed by atoms with Gasteiger partial charge in [-0.1, -0.05) is 0 Å². The Balaban J connectivity index is 1.54. The predicted molar refractivity (Wildman–Crippen MR) is 82.7 cm³/mol. The number of hydrogen-bond donors (Lipinski definition) is 2. The highest BCUT2D eigenvalue weighted by Gasteiger charge is 2.27. The molecular formula is C14H20N4O3S. The third-order valence-electron chi connectivity index (χ3n) is 3.76. The first-order valence-corrected chi connectivity index (χ1v) is 8.95. The summed E-state index contributed by atoms with van der Waals surface area (Å²) in [7, 11) is -3.01. The van der Waals surface area contributed by atoms with Crippen LogP contribution in [-0.4, -0.2) is 48.3 Å². The molecule has 1 aliphatic heterocycles. The molecule has 0 bridgehead atoms. The fourth-order valence-corrected chi connectivity index (χ4v) is 4.13. The molecular weight excluding hydrogens is 304 g/mol. The lowest BCUT2D eigenvalue weighted by molar-refractivity contribution is 0.434. The van der Waals surface area contributed by atoms with Crippen molar-refractivity contribution in [3.05, 3.63) is 29.7 Å². The van der Waals surface area contributed by atoms with Crippen LogP contribution in [0, 0.1) is 6.92 Å². The standard InChI is InChI=1S/C14H20N4O3S/c1-11-3-4-13(21-11)14-12(10-16-17-14)9-15-5-7-18-6-2-8-22(18,19)20/h3-4,10,15H,2,5-9H2,1H3,(H,16,17). The molecule has 0 unspecified atom stereocenters. The number of sulfonamides is 1. The van der Waals surface area contributed by atoms with Crippen LogP contribution in [0.5, 0.6) is 0 Å². The lowest BCUT2D eigenvalue weighted by atomic mass is 10.2. The zero-order valence-corrected chi connectivity index (χ0v) is 13.3. The third kappa shape index (κ3) is 3.23. The molecule has 0 amide bonds. The van der Waals surface area contributed by atoms with E-state index in [0.29, 0.717) is 26.2 Å². The highest BCUT2D eigenvalue weighted by Crippen LogP contribution is 2.23. The van der Waals surface area contributed by atoms with Gasteiger partial charge in [-0.2, -0.15) is 5.10 Å². The van der Waals surface area contributed by atoms with Gasteiger partial charge in [0, 0.05) is 31.7 Å². The van der Waals surface area contributed by atoms with Crippen molar-refractivity contribution in [2.75, 3.05) is 25.4 Å². The van der Waals surface area contributed by atoms with E-state index in [1.807, 2.05) is 19.1 Å². The minimum absolute atomic E-state index is 0.275. The van der Waals surface area contributed by atoms with Gasteiger partial charge in [0.25, 0.3) is 0 Å². The molecule has 120 valence electrons. The average Bonchev–Trinajstić information content (AvgIpc) is 3.15. The van der Waals surface area contributed by atoms with Crippen LogP contribution in [-0.2, 0) is 16.6 Å². The number of H-pyrrole nitrogens is 1. The van der Waals surface area contributed by atoms with Crippen LogP contribution in [0.3, 0.4) is 0 Å². The minimum atomic E-state index is -3.01.